The van der Waals surface area contributed by atoms with E-state index in [4.69, 9.17) is 5.73 Å². The Morgan fingerprint density at radius 1 is 1.35 bits per heavy atom. The number of hydrogen-bond donors (Lipinski definition) is 2. The molecule has 100 valence electrons. The molecule has 0 aromatic carbocycles. The average molecular weight is 240 g/mol. The SMILES string of the molecule is CC(C)C(C)(CN)NC(=O)C1(C)CCCCC1. The van der Waals surface area contributed by atoms with Crippen molar-refractivity contribution < 1.29 is 4.79 Å². The number of nitrogens with one attached hydrogen (secondary N) is 1. The molecule has 17 heavy (non-hydrogen) atoms. The number of carbonyl (C=O) groups is 1. The van der Waals surface area contributed by atoms with Crippen LogP contribution >= 0.6 is 0 Å². The number of carbonyl (C=O) groups excluding carboxylic acids is 1. The summed E-state index contributed by atoms with van der Waals surface area (Å²) in [6.07, 6.45) is 5.63. The molecule has 1 saturated carbocycles. The molecular formula is C14H28N2O. The molecule has 3 nitrogen and oxygen atoms in total. The first-order valence-electron chi connectivity index (χ1n) is 6.87. The van der Waals surface area contributed by atoms with E-state index in [0.717, 1.165) is 12.8 Å². The van der Waals surface area contributed by atoms with Crippen LogP contribution in [0.15, 0.2) is 0 Å². The van der Waals surface area contributed by atoms with Gasteiger partial charge in [0.2, 0.25) is 5.91 Å². The molecule has 1 amide bonds. The maximum Gasteiger partial charge on any atom is 0.226 e. The van der Waals surface area contributed by atoms with Crippen molar-refractivity contribution in [2.75, 3.05) is 6.54 Å². The van der Waals surface area contributed by atoms with Crippen molar-refractivity contribution >= 4 is 5.91 Å². The number of nitrogens with two attached hydrogens (primary N) is 1. The molecule has 1 aliphatic carbocycles. The molecule has 1 aliphatic rings. The van der Waals surface area contributed by atoms with Gasteiger partial charge in [0.15, 0.2) is 0 Å². The summed E-state index contributed by atoms with van der Waals surface area (Å²) in [6, 6.07) is 0. The summed E-state index contributed by atoms with van der Waals surface area (Å²) in [5.74, 6) is 0.544. The quantitative estimate of drug-likeness (QED) is 0.793. The van der Waals surface area contributed by atoms with Crippen LogP contribution in [0.3, 0.4) is 0 Å². The summed E-state index contributed by atoms with van der Waals surface area (Å²) in [5, 5.41) is 3.19. The molecule has 0 radical (unpaired) electrons. The Balaban J connectivity index is 2.70. The number of rotatable bonds is 4. The first-order valence-corrected chi connectivity index (χ1v) is 6.87. The summed E-state index contributed by atoms with van der Waals surface area (Å²) in [7, 11) is 0. The first kappa shape index (κ1) is 14.5. The van der Waals surface area contributed by atoms with Gasteiger partial charge in [0.1, 0.15) is 0 Å². The van der Waals surface area contributed by atoms with E-state index in [2.05, 4.69) is 26.1 Å². The number of hydrogen-bond acceptors (Lipinski definition) is 2. The van der Waals surface area contributed by atoms with E-state index < -0.39 is 0 Å². The lowest BCUT2D eigenvalue weighted by Crippen LogP contribution is -2.58. The van der Waals surface area contributed by atoms with Crippen LogP contribution in [0.25, 0.3) is 0 Å². The van der Waals surface area contributed by atoms with E-state index in [0.29, 0.717) is 12.5 Å². The zero-order valence-electron chi connectivity index (χ0n) is 11.8. The normalized spacial score (nSPS) is 23.2. The van der Waals surface area contributed by atoms with E-state index in [1.54, 1.807) is 0 Å². The second kappa shape index (κ2) is 5.38. The van der Waals surface area contributed by atoms with Crippen molar-refractivity contribution in [2.24, 2.45) is 17.1 Å². The summed E-state index contributed by atoms with van der Waals surface area (Å²) in [5.41, 5.74) is 5.36. The largest absolute Gasteiger partial charge is 0.349 e. The molecule has 3 heteroatoms. The highest BCUT2D eigenvalue weighted by molar-refractivity contribution is 5.83. The monoisotopic (exact) mass is 240 g/mol. The molecule has 0 bridgehead atoms. The summed E-state index contributed by atoms with van der Waals surface area (Å²) < 4.78 is 0. The van der Waals surface area contributed by atoms with Gasteiger partial charge >= 0.3 is 0 Å². The van der Waals surface area contributed by atoms with Crippen LogP contribution in [-0.4, -0.2) is 18.0 Å². The predicted molar refractivity (Wildman–Crippen MR) is 71.6 cm³/mol. The van der Waals surface area contributed by atoms with Crippen LogP contribution in [-0.2, 0) is 4.79 Å². The topological polar surface area (TPSA) is 55.1 Å². The second-order valence-corrected chi connectivity index (χ2v) is 6.35. The fraction of sp³-hybridized carbons (Fsp3) is 0.929. The van der Waals surface area contributed by atoms with Crippen molar-refractivity contribution in [3.63, 3.8) is 0 Å². The zero-order chi connectivity index (χ0) is 13.1. The minimum Gasteiger partial charge on any atom is -0.349 e. The fourth-order valence-electron chi connectivity index (χ4n) is 2.40. The Labute approximate surface area is 106 Å². The van der Waals surface area contributed by atoms with Crippen molar-refractivity contribution in [1.82, 2.24) is 5.32 Å². The Hall–Kier alpha value is -0.570. The maximum absolute atomic E-state index is 12.4. The van der Waals surface area contributed by atoms with Gasteiger partial charge in [-0.1, -0.05) is 40.0 Å². The van der Waals surface area contributed by atoms with Crippen molar-refractivity contribution in [1.29, 1.82) is 0 Å². The molecule has 1 atom stereocenters. The Morgan fingerprint density at radius 2 is 1.88 bits per heavy atom. The lowest BCUT2D eigenvalue weighted by atomic mass is 9.74. The average Bonchev–Trinajstić information content (AvgIpc) is 2.29. The molecular weight excluding hydrogens is 212 g/mol. The third kappa shape index (κ3) is 3.21. The van der Waals surface area contributed by atoms with E-state index >= 15 is 0 Å². The van der Waals surface area contributed by atoms with Gasteiger partial charge in [0.05, 0.1) is 5.54 Å². The predicted octanol–water partition coefficient (Wildman–Crippen LogP) is 2.45. The highest BCUT2D eigenvalue weighted by atomic mass is 16.2. The minimum atomic E-state index is -0.280. The Bertz CT molecular complexity index is 269. The Morgan fingerprint density at radius 3 is 2.29 bits per heavy atom. The summed E-state index contributed by atoms with van der Waals surface area (Å²) in [6.45, 7) is 8.85. The smallest absolute Gasteiger partial charge is 0.226 e. The highest BCUT2D eigenvalue weighted by Crippen LogP contribution is 2.36. The molecule has 0 aliphatic heterocycles. The van der Waals surface area contributed by atoms with Crippen LogP contribution in [0.2, 0.25) is 0 Å². The van der Waals surface area contributed by atoms with E-state index in [1.165, 1.54) is 19.3 Å². The van der Waals surface area contributed by atoms with Crippen LogP contribution in [0.4, 0.5) is 0 Å². The standard InChI is InChI=1S/C14H28N2O/c1-11(2)14(4,10-15)16-12(17)13(3)8-6-5-7-9-13/h11H,5-10,15H2,1-4H3,(H,16,17). The fourth-order valence-corrected chi connectivity index (χ4v) is 2.40. The van der Waals surface area contributed by atoms with Gasteiger partial charge in [-0.15, -0.1) is 0 Å². The zero-order valence-corrected chi connectivity index (χ0v) is 11.8. The third-order valence-electron chi connectivity index (χ3n) is 4.60. The van der Waals surface area contributed by atoms with Crippen molar-refractivity contribution in [3.8, 4) is 0 Å². The second-order valence-electron chi connectivity index (χ2n) is 6.35. The molecule has 0 spiro atoms. The van der Waals surface area contributed by atoms with Gasteiger partial charge in [-0.25, -0.2) is 0 Å². The van der Waals surface area contributed by atoms with E-state index in [-0.39, 0.29) is 16.9 Å². The van der Waals surface area contributed by atoms with E-state index in [1.807, 2.05) is 6.92 Å². The van der Waals surface area contributed by atoms with Crippen LogP contribution in [0.5, 0.6) is 0 Å². The lowest BCUT2D eigenvalue weighted by molar-refractivity contribution is -0.134. The van der Waals surface area contributed by atoms with Gasteiger partial charge in [0, 0.05) is 12.0 Å². The summed E-state index contributed by atoms with van der Waals surface area (Å²) >= 11 is 0. The lowest BCUT2D eigenvalue weighted by Gasteiger charge is -2.39. The van der Waals surface area contributed by atoms with Crippen molar-refractivity contribution in [3.05, 3.63) is 0 Å². The Kier molecular flexibility index (Phi) is 4.59. The van der Waals surface area contributed by atoms with Crippen LogP contribution in [0.1, 0.15) is 59.8 Å². The molecule has 0 saturated heterocycles. The minimum absolute atomic E-state index is 0.177. The van der Waals surface area contributed by atoms with Crippen LogP contribution < -0.4 is 11.1 Å². The van der Waals surface area contributed by atoms with Gasteiger partial charge in [0.25, 0.3) is 0 Å². The molecule has 1 rings (SSSR count). The molecule has 1 unspecified atom stereocenters. The molecule has 0 heterocycles. The number of amides is 1. The first-order chi connectivity index (χ1) is 7.84. The third-order valence-corrected chi connectivity index (χ3v) is 4.60. The van der Waals surface area contributed by atoms with Gasteiger partial charge in [-0.05, 0) is 25.7 Å². The molecule has 0 aromatic heterocycles. The van der Waals surface area contributed by atoms with Crippen LogP contribution in [0, 0.1) is 11.3 Å². The van der Waals surface area contributed by atoms with E-state index in [9.17, 15) is 4.79 Å². The maximum atomic E-state index is 12.4. The molecule has 3 N–H and O–H groups in total. The van der Waals surface area contributed by atoms with Crippen molar-refractivity contribution in [2.45, 2.75) is 65.3 Å². The van der Waals surface area contributed by atoms with Gasteiger partial charge in [-0.3, -0.25) is 4.79 Å². The highest BCUT2D eigenvalue weighted by Gasteiger charge is 2.38. The van der Waals surface area contributed by atoms with Gasteiger partial charge in [-0.2, -0.15) is 0 Å². The van der Waals surface area contributed by atoms with Gasteiger partial charge < -0.3 is 11.1 Å². The summed E-state index contributed by atoms with van der Waals surface area (Å²) in [4.78, 5) is 12.4. The molecule has 0 aromatic rings. The molecule has 1 fully saturated rings.